The molecule has 4 aliphatic rings. The molecule has 1 aromatic carbocycles. The topological polar surface area (TPSA) is 185 Å². The highest BCUT2D eigenvalue weighted by atomic mass is 32.2. The monoisotopic (exact) mass is 767 g/mol. The Balaban J connectivity index is 1.40. The fourth-order valence-electron chi connectivity index (χ4n) is 8.15. The van der Waals surface area contributed by atoms with Crippen LogP contribution in [-0.4, -0.2) is 99.8 Å². The van der Waals surface area contributed by atoms with Crippen LogP contribution in [0.1, 0.15) is 86.5 Å². The van der Waals surface area contributed by atoms with E-state index in [1.54, 1.807) is 53.1 Å². The maximum atomic E-state index is 15.0. The molecule has 2 aliphatic carbocycles. The van der Waals surface area contributed by atoms with Gasteiger partial charge in [-0.1, -0.05) is 32.1 Å². The van der Waals surface area contributed by atoms with Crippen molar-refractivity contribution in [1.82, 2.24) is 24.8 Å². The number of carbonyl (C=O) groups excluding carboxylic acids is 3. The van der Waals surface area contributed by atoms with Gasteiger partial charge in [0.25, 0.3) is 5.91 Å². The molecule has 7 atom stereocenters. The van der Waals surface area contributed by atoms with E-state index in [4.69, 9.17) is 9.47 Å². The van der Waals surface area contributed by atoms with E-state index >= 15 is 4.79 Å². The second kappa shape index (κ2) is 14.3. The number of fused-ring (bicyclic) bond motifs is 3. The molecule has 0 radical (unpaired) electrons. The summed E-state index contributed by atoms with van der Waals surface area (Å²) in [6, 6.07) is 4.93. The second-order valence-corrected chi connectivity index (χ2v) is 19.1. The number of rotatable bonds is 7. The first-order valence-corrected chi connectivity index (χ1v) is 20.3. The fourth-order valence-corrected chi connectivity index (χ4v) is 9.46. The van der Waals surface area contributed by atoms with Gasteiger partial charge in [0.05, 0.1) is 18.4 Å². The van der Waals surface area contributed by atoms with E-state index in [0.717, 1.165) is 11.8 Å². The summed E-state index contributed by atoms with van der Waals surface area (Å²) in [6.45, 7) is 10.6. The summed E-state index contributed by atoms with van der Waals surface area (Å²) in [5.41, 5.74) is -2.52. The number of carboxylic acid groups (broad SMARTS) is 1. The third-order valence-corrected chi connectivity index (χ3v) is 13.8. The largest absolute Gasteiger partial charge is 0.496 e. The highest BCUT2D eigenvalue weighted by Crippen LogP contribution is 2.48. The quantitative estimate of drug-likeness (QED) is 0.336. The first-order chi connectivity index (χ1) is 25.3. The summed E-state index contributed by atoms with van der Waals surface area (Å²) in [7, 11) is -2.45. The summed E-state index contributed by atoms with van der Waals surface area (Å²) in [5.74, 6) is -1.91. The molecule has 2 saturated carbocycles. The van der Waals surface area contributed by atoms with Gasteiger partial charge < -0.3 is 24.8 Å². The number of nitrogens with one attached hydrogen (secondary N) is 2. The molecule has 1 aromatic heterocycles. The van der Waals surface area contributed by atoms with Crippen molar-refractivity contribution in [2.45, 2.75) is 121 Å². The van der Waals surface area contributed by atoms with Crippen LogP contribution in [0.15, 0.2) is 42.6 Å². The molecule has 1 saturated heterocycles. The number of sulfonamides is 1. The van der Waals surface area contributed by atoms with Crippen molar-refractivity contribution in [2.24, 2.45) is 17.8 Å². The predicted molar refractivity (Wildman–Crippen MR) is 201 cm³/mol. The fraction of sp³-hybridized carbons (Fsp3) is 0.615. The molecule has 6 rings (SSSR count). The Morgan fingerprint density at radius 3 is 2.48 bits per heavy atom. The van der Waals surface area contributed by atoms with Crippen molar-refractivity contribution in [1.29, 1.82) is 0 Å². The Labute approximate surface area is 317 Å². The van der Waals surface area contributed by atoms with E-state index in [2.05, 4.69) is 21.9 Å². The Kier molecular flexibility index (Phi) is 10.4. The van der Waals surface area contributed by atoms with Crippen LogP contribution >= 0.6 is 0 Å². The molecule has 294 valence electrons. The van der Waals surface area contributed by atoms with E-state index < -0.39 is 79.7 Å². The molecule has 0 bridgehead atoms. The zero-order chi connectivity index (χ0) is 39.4. The van der Waals surface area contributed by atoms with Gasteiger partial charge in [0, 0.05) is 34.8 Å². The molecule has 15 heteroatoms. The molecule has 2 aliphatic heterocycles. The van der Waals surface area contributed by atoms with Crippen LogP contribution in [0.3, 0.4) is 0 Å². The maximum absolute atomic E-state index is 15.0. The summed E-state index contributed by atoms with van der Waals surface area (Å²) in [4.78, 5) is 63.5. The van der Waals surface area contributed by atoms with Gasteiger partial charge in [0.2, 0.25) is 27.7 Å². The van der Waals surface area contributed by atoms with Gasteiger partial charge >= 0.3 is 6.09 Å². The van der Waals surface area contributed by atoms with Crippen LogP contribution in [0, 0.1) is 17.8 Å². The third-order valence-electron chi connectivity index (χ3n) is 11.6. The minimum absolute atomic E-state index is 0.00821. The molecular weight excluding hydrogens is 715 g/mol. The first kappa shape index (κ1) is 39.3. The number of hydrogen-bond donors (Lipinski definition) is 3. The Morgan fingerprint density at radius 2 is 1.83 bits per heavy atom. The van der Waals surface area contributed by atoms with Crippen molar-refractivity contribution in [2.75, 3.05) is 13.7 Å². The van der Waals surface area contributed by atoms with Crippen LogP contribution in [0.5, 0.6) is 11.6 Å². The number of carbonyl (C=O) groups is 4. The number of benzene rings is 1. The van der Waals surface area contributed by atoms with Crippen molar-refractivity contribution in [3.8, 4) is 11.6 Å². The Morgan fingerprint density at radius 1 is 1.11 bits per heavy atom. The Bertz CT molecular complexity index is 1960. The lowest BCUT2D eigenvalue weighted by atomic mass is 9.85. The van der Waals surface area contributed by atoms with Gasteiger partial charge in [0.15, 0.2) is 0 Å². The zero-order valence-electron chi connectivity index (χ0n) is 32.1. The van der Waals surface area contributed by atoms with Crippen LogP contribution < -0.4 is 19.5 Å². The van der Waals surface area contributed by atoms with Crippen LogP contribution in [0.2, 0.25) is 0 Å². The molecule has 4 amide bonds. The average molecular weight is 768 g/mol. The van der Waals surface area contributed by atoms with Gasteiger partial charge in [-0.2, -0.15) is 0 Å². The van der Waals surface area contributed by atoms with Crippen molar-refractivity contribution in [3.63, 3.8) is 0 Å². The van der Waals surface area contributed by atoms with Gasteiger partial charge in [0.1, 0.15) is 29.5 Å². The summed E-state index contributed by atoms with van der Waals surface area (Å²) in [6.07, 6.45) is 6.36. The van der Waals surface area contributed by atoms with Gasteiger partial charge in [-0.05, 0) is 96.3 Å². The molecule has 54 heavy (non-hydrogen) atoms. The van der Waals surface area contributed by atoms with Crippen LogP contribution in [-0.2, 0) is 24.4 Å². The molecule has 2 aromatic rings. The SMILES string of the molecule is COc1cccc2c(O[C@@H]3C[C@H]4C(=O)N[C@]5(C(=O)NS(=O)(=O)C6(C)CC6)C[C@H]5/C=C\CC[C@H](C)C[C@@H](C)[C@H](N(C(=O)O)C(C)(C)C)C(=O)N4C3)nccc12. The molecule has 3 fully saturated rings. The van der Waals surface area contributed by atoms with E-state index in [1.807, 2.05) is 31.2 Å². The second-order valence-electron chi connectivity index (χ2n) is 16.9. The normalized spacial score (nSPS) is 30.5. The molecule has 3 heterocycles. The van der Waals surface area contributed by atoms with E-state index in [0.29, 0.717) is 36.8 Å². The predicted octanol–water partition coefficient (Wildman–Crippen LogP) is 4.62. The first-order valence-electron chi connectivity index (χ1n) is 18.8. The number of methoxy groups -OCH3 is 1. The summed E-state index contributed by atoms with van der Waals surface area (Å²) in [5, 5.41) is 14.9. The third kappa shape index (κ3) is 7.47. The van der Waals surface area contributed by atoms with Gasteiger partial charge in [-0.25, -0.2) is 18.2 Å². The van der Waals surface area contributed by atoms with E-state index in [-0.39, 0.29) is 31.2 Å². The number of allylic oxidation sites excluding steroid dienone is 1. The lowest BCUT2D eigenvalue weighted by Crippen LogP contribution is -2.62. The van der Waals surface area contributed by atoms with E-state index in [9.17, 15) is 27.9 Å². The number of pyridine rings is 1. The van der Waals surface area contributed by atoms with Gasteiger partial charge in [-0.3, -0.25) is 24.0 Å². The molecular formula is C39H53N5O9S. The molecule has 0 unspecified atom stereocenters. The number of hydrogen-bond acceptors (Lipinski definition) is 9. The maximum Gasteiger partial charge on any atom is 0.408 e. The van der Waals surface area contributed by atoms with Crippen LogP contribution in [0.4, 0.5) is 4.79 Å². The molecule has 0 spiro atoms. The zero-order valence-corrected chi connectivity index (χ0v) is 32.9. The number of nitrogens with zero attached hydrogens (tertiary/aromatic N) is 3. The average Bonchev–Trinajstić information content (AvgIpc) is 3.97. The van der Waals surface area contributed by atoms with Gasteiger partial charge in [-0.15, -0.1) is 0 Å². The molecule has 3 N–H and O–H groups in total. The number of aromatic nitrogens is 1. The summed E-state index contributed by atoms with van der Waals surface area (Å²) < 4.78 is 39.6. The number of amides is 4. The molecule has 14 nitrogen and oxygen atoms in total. The lowest BCUT2D eigenvalue weighted by Gasteiger charge is -2.43. The van der Waals surface area contributed by atoms with E-state index in [1.165, 1.54) is 9.80 Å². The lowest BCUT2D eigenvalue weighted by molar-refractivity contribution is -0.146. The minimum Gasteiger partial charge on any atom is -0.496 e. The van der Waals surface area contributed by atoms with Crippen LogP contribution in [0.25, 0.3) is 10.8 Å². The number of ether oxygens (including phenoxy) is 2. The van der Waals surface area contributed by atoms with Crippen molar-refractivity contribution >= 4 is 44.6 Å². The van der Waals surface area contributed by atoms with Crippen molar-refractivity contribution in [3.05, 3.63) is 42.6 Å². The standard InChI is InChI=1S/C39H53N5O9S/c1-23-11-8-9-12-25-21-39(25,35(47)42-54(50,51)38(6)16-17-38)41-32(45)29-20-26(53-33-28-13-10-14-30(52-7)27(28)15-18-40-33)22-43(29)34(46)31(24(2)19-23)44(36(48)49)37(3,4)5/h9-10,12-15,18,23-26,29,31H,8,11,16-17,19-22H2,1-7H3,(H,41,45)(H,42,47)(H,48,49)/b12-9-/t23-,24+,25+,26+,29-,31-,39+/m0/s1. The van der Waals surface area contributed by atoms with Crippen molar-refractivity contribution < 1.29 is 42.2 Å². The minimum atomic E-state index is -4.01. The highest BCUT2D eigenvalue weighted by molar-refractivity contribution is 7.91. The Hall–Kier alpha value is -4.40. The summed E-state index contributed by atoms with van der Waals surface area (Å²) >= 11 is 0. The highest BCUT2D eigenvalue weighted by Gasteiger charge is 2.63. The smallest absolute Gasteiger partial charge is 0.408 e.